The van der Waals surface area contributed by atoms with Crippen LogP contribution in [0.4, 0.5) is 10.1 Å². The molecule has 0 saturated heterocycles. The van der Waals surface area contributed by atoms with E-state index in [9.17, 15) is 9.65 Å². The summed E-state index contributed by atoms with van der Waals surface area (Å²) in [7, 11) is 0. The number of nitrogens with zero attached hydrogens (tertiary/aromatic N) is 4. The Kier molecular flexibility index (Phi) is 4.50. The van der Waals surface area contributed by atoms with Crippen LogP contribution in [0.3, 0.4) is 0 Å². The maximum atomic E-state index is 13.9. The molecule has 0 bridgehead atoms. The molecule has 2 aromatic heterocycles. The van der Waals surface area contributed by atoms with Gasteiger partial charge in [-0.3, -0.25) is 9.55 Å². The van der Waals surface area contributed by atoms with Crippen LogP contribution in [0, 0.1) is 24.1 Å². The van der Waals surface area contributed by atoms with Crippen LogP contribution in [0.15, 0.2) is 60.8 Å². The normalized spacial score (nSPS) is 11.9. The van der Waals surface area contributed by atoms with Gasteiger partial charge in [0.25, 0.3) is 0 Å². The van der Waals surface area contributed by atoms with Crippen LogP contribution in [0.5, 0.6) is 0 Å². The van der Waals surface area contributed by atoms with Crippen LogP contribution < -0.4 is 5.32 Å². The van der Waals surface area contributed by atoms with E-state index < -0.39 is 0 Å². The molecule has 5 nitrogen and oxygen atoms in total. The first-order valence-electron chi connectivity index (χ1n) is 8.94. The second-order valence-electron chi connectivity index (χ2n) is 6.57. The Hall–Kier alpha value is -3.72. The van der Waals surface area contributed by atoms with Crippen molar-refractivity contribution in [3.63, 3.8) is 0 Å². The Labute approximate surface area is 162 Å². The van der Waals surface area contributed by atoms with Gasteiger partial charge >= 0.3 is 0 Å². The highest BCUT2D eigenvalue weighted by molar-refractivity contribution is 5.78. The third-order valence-electron chi connectivity index (χ3n) is 4.67. The van der Waals surface area contributed by atoms with Gasteiger partial charge in [-0.25, -0.2) is 9.37 Å². The number of para-hydroxylation sites is 1. The van der Waals surface area contributed by atoms with Crippen LogP contribution in [-0.4, -0.2) is 14.5 Å². The summed E-state index contributed by atoms with van der Waals surface area (Å²) in [6, 6.07) is 18.0. The molecule has 28 heavy (non-hydrogen) atoms. The molecule has 138 valence electrons. The number of aryl methyl sites for hydroxylation is 1. The van der Waals surface area contributed by atoms with E-state index in [4.69, 9.17) is 4.98 Å². The third kappa shape index (κ3) is 3.08. The van der Waals surface area contributed by atoms with Gasteiger partial charge in [-0.05, 0) is 44.2 Å². The first-order valence-corrected chi connectivity index (χ1v) is 8.94. The zero-order valence-electron chi connectivity index (χ0n) is 15.5. The van der Waals surface area contributed by atoms with Crippen LogP contribution in [0.1, 0.15) is 30.0 Å². The first kappa shape index (κ1) is 17.7. The highest BCUT2D eigenvalue weighted by Gasteiger charge is 2.19. The fraction of sp³-hybridized carbons (Fsp3) is 0.136. The molecule has 0 aliphatic heterocycles. The van der Waals surface area contributed by atoms with E-state index >= 15 is 0 Å². The molecule has 0 spiro atoms. The monoisotopic (exact) mass is 371 g/mol. The highest BCUT2D eigenvalue weighted by atomic mass is 19.1. The fourth-order valence-corrected chi connectivity index (χ4v) is 3.33. The van der Waals surface area contributed by atoms with Crippen molar-refractivity contribution in [3.8, 4) is 11.8 Å². The number of benzene rings is 2. The molecular weight excluding hydrogens is 353 g/mol. The summed E-state index contributed by atoms with van der Waals surface area (Å²) in [6.07, 6.45) is 1.67. The lowest BCUT2D eigenvalue weighted by Gasteiger charge is -2.18. The largest absolute Gasteiger partial charge is 0.374 e. The van der Waals surface area contributed by atoms with Gasteiger partial charge in [0.05, 0.1) is 34.0 Å². The van der Waals surface area contributed by atoms with Crippen molar-refractivity contribution in [2.24, 2.45) is 0 Å². The van der Waals surface area contributed by atoms with E-state index in [-0.39, 0.29) is 11.9 Å². The molecular formula is C22H18FN5. The second-order valence-corrected chi connectivity index (χ2v) is 6.57. The average Bonchev–Trinajstić information content (AvgIpc) is 3.07. The molecule has 0 amide bonds. The second kappa shape index (κ2) is 7.12. The van der Waals surface area contributed by atoms with E-state index in [1.54, 1.807) is 25.3 Å². The number of nitriles is 1. The molecule has 4 aromatic rings. The van der Waals surface area contributed by atoms with Crippen molar-refractivity contribution in [3.05, 3.63) is 83.7 Å². The first-order chi connectivity index (χ1) is 13.6. The number of hydrogen-bond donors (Lipinski definition) is 1. The number of fused-ring (bicyclic) bond motifs is 1. The molecule has 0 fully saturated rings. The molecule has 0 aliphatic carbocycles. The summed E-state index contributed by atoms with van der Waals surface area (Å²) in [6.45, 7) is 3.77. The number of pyridine rings is 1. The van der Waals surface area contributed by atoms with Gasteiger partial charge in [0.15, 0.2) is 0 Å². The van der Waals surface area contributed by atoms with Crippen molar-refractivity contribution in [2.45, 2.75) is 19.9 Å². The molecule has 1 atom stereocenters. The van der Waals surface area contributed by atoms with Crippen molar-refractivity contribution >= 4 is 16.7 Å². The van der Waals surface area contributed by atoms with Gasteiger partial charge in [0.1, 0.15) is 17.7 Å². The zero-order valence-corrected chi connectivity index (χ0v) is 15.5. The summed E-state index contributed by atoms with van der Waals surface area (Å²) in [5.74, 6) is 0.415. The Balaban J connectivity index is 1.85. The van der Waals surface area contributed by atoms with Gasteiger partial charge in [-0.1, -0.05) is 18.2 Å². The number of imidazole rings is 1. The van der Waals surface area contributed by atoms with Crippen molar-refractivity contribution < 1.29 is 4.39 Å². The Morgan fingerprint density at radius 3 is 2.68 bits per heavy atom. The Bertz CT molecular complexity index is 1190. The summed E-state index contributed by atoms with van der Waals surface area (Å²) in [5, 5.41) is 12.8. The van der Waals surface area contributed by atoms with E-state index in [2.05, 4.69) is 16.4 Å². The number of nitrogens with one attached hydrogen (secondary N) is 1. The molecule has 2 aromatic carbocycles. The lowest BCUT2D eigenvalue weighted by molar-refractivity contribution is 0.629. The van der Waals surface area contributed by atoms with Crippen LogP contribution in [0.2, 0.25) is 0 Å². The molecule has 0 radical (unpaired) electrons. The van der Waals surface area contributed by atoms with Crippen molar-refractivity contribution in [1.29, 1.82) is 5.26 Å². The Morgan fingerprint density at radius 2 is 1.93 bits per heavy atom. The van der Waals surface area contributed by atoms with Crippen LogP contribution >= 0.6 is 0 Å². The molecule has 0 unspecified atom stereocenters. The van der Waals surface area contributed by atoms with E-state index in [1.807, 2.05) is 41.8 Å². The summed E-state index contributed by atoms with van der Waals surface area (Å²) in [4.78, 5) is 8.91. The summed E-state index contributed by atoms with van der Waals surface area (Å²) < 4.78 is 15.9. The van der Waals surface area contributed by atoms with Crippen LogP contribution in [-0.2, 0) is 0 Å². The van der Waals surface area contributed by atoms with E-state index in [1.165, 1.54) is 12.1 Å². The summed E-state index contributed by atoms with van der Waals surface area (Å²) >= 11 is 0. The lowest BCUT2D eigenvalue weighted by atomic mass is 10.1. The fourth-order valence-electron chi connectivity index (χ4n) is 3.33. The number of rotatable bonds is 4. The molecule has 0 saturated carbocycles. The molecule has 4 rings (SSSR count). The van der Waals surface area contributed by atoms with E-state index in [0.717, 1.165) is 11.5 Å². The maximum Gasteiger partial charge on any atom is 0.136 e. The van der Waals surface area contributed by atoms with Crippen LogP contribution in [0.25, 0.3) is 16.7 Å². The maximum absolute atomic E-state index is 13.9. The van der Waals surface area contributed by atoms with Gasteiger partial charge in [-0.15, -0.1) is 0 Å². The van der Waals surface area contributed by atoms with Gasteiger partial charge < -0.3 is 5.32 Å². The predicted molar refractivity (Wildman–Crippen MR) is 107 cm³/mol. The zero-order chi connectivity index (χ0) is 19.7. The Morgan fingerprint density at radius 1 is 1.14 bits per heavy atom. The number of anilines is 1. The minimum absolute atomic E-state index is 0.232. The van der Waals surface area contributed by atoms with Crippen molar-refractivity contribution in [1.82, 2.24) is 14.5 Å². The van der Waals surface area contributed by atoms with Gasteiger partial charge in [0.2, 0.25) is 0 Å². The number of aromatic nitrogens is 3. The predicted octanol–water partition coefficient (Wildman–Crippen LogP) is 4.91. The van der Waals surface area contributed by atoms with Gasteiger partial charge in [-0.2, -0.15) is 5.26 Å². The standard InChI is InChI=1S/C22H18FN5/c1-14-18(13-24)19(10-11-25-14)26-15(2)22-27-20-9-8-16(23)12-21(20)28(22)17-6-4-3-5-7-17/h3-12,15H,1-2H3,(H,25,26)/t15-/m0/s1. The third-order valence-corrected chi connectivity index (χ3v) is 4.67. The molecule has 2 heterocycles. The molecule has 1 N–H and O–H groups in total. The van der Waals surface area contributed by atoms with Crippen molar-refractivity contribution in [2.75, 3.05) is 5.32 Å². The highest BCUT2D eigenvalue weighted by Crippen LogP contribution is 2.29. The molecule has 0 aliphatic rings. The SMILES string of the molecule is Cc1nccc(N[C@@H](C)c2nc3ccc(F)cc3n2-c2ccccc2)c1C#N. The van der Waals surface area contributed by atoms with E-state index in [0.29, 0.717) is 28.0 Å². The average molecular weight is 371 g/mol. The quantitative estimate of drug-likeness (QED) is 0.553. The smallest absolute Gasteiger partial charge is 0.136 e. The number of hydrogen-bond acceptors (Lipinski definition) is 4. The topological polar surface area (TPSA) is 66.5 Å². The van der Waals surface area contributed by atoms with Gasteiger partial charge in [0, 0.05) is 18.0 Å². The minimum atomic E-state index is -0.312. The minimum Gasteiger partial charge on any atom is -0.374 e. The summed E-state index contributed by atoms with van der Waals surface area (Å²) in [5.41, 5.74) is 4.16. The number of halogens is 1. The lowest BCUT2D eigenvalue weighted by Crippen LogP contribution is -2.14. The molecule has 6 heteroatoms.